The molecule has 0 saturated carbocycles. The monoisotopic (exact) mass is 212 g/mol. The van der Waals surface area contributed by atoms with Crippen molar-refractivity contribution in [1.29, 1.82) is 0 Å². The van der Waals surface area contributed by atoms with Gasteiger partial charge in [-0.2, -0.15) is 5.10 Å². The van der Waals surface area contributed by atoms with Crippen LogP contribution in [0.2, 0.25) is 0 Å². The van der Waals surface area contributed by atoms with Crippen LogP contribution in [0.1, 0.15) is 5.56 Å². The molecule has 0 amide bonds. The maximum atomic E-state index is 5.87. The van der Waals surface area contributed by atoms with Crippen LogP contribution in [0.5, 0.6) is 0 Å². The van der Waals surface area contributed by atoms with E-state index in [-0.39, 0.29) is 0 Å². The van der Waals surface area contributed by atoms with Crippen molar-refractivity contribution in [3.8, 4) is 11.3 Å². The summed E-state index contributed by atoms with van der Waals surface area (Å²) in [6.07, 6.45) is 3.59. The Morgan fingerprint density at radius 3 is 2.94 bits per heavy atom. The number of H-pyrrole nitrogens is 2. The van der Waals surface area contributed by atoms with Gasteiger partial charge in [-0.25, -0.2) is 0 Å². The highest BCUT2D eigenvalue weighted by atomic mass is 15.1. The van der Waals surface area contributed by atoms with Crippen LogP contribution in [0, 0.1) is 6.92 Å². The number of aromatic nitrogens is 3. The normalized spacial score (nSPS) is 11.1. The van der Waals surface area contributed by atoms with Crippen molar-refractivity contribution >= 4 is 16.6 Å². The maximum absolute atomic E-state index is 5.87. The van der Waals surface area contributed by atoms with Gasteiger partial charge in [0.15, 0.2) is 0 Å². The molecule has 2 heterocycles. The molecule has 0 spiro atoms. The highest BCUT2D eigenvalue weighted by Gasteiger charge is 2.11. The van der Waals surface area contributed by atoms with Gasteiger partial charge in [-0.3, -0.25) is 5.10 Å². The van der Waals surface area contributed by atoms with E-state index in [1.54, 1.807) is 6.20 Å². The third kappa shape index (κ3) is 1.13. The van der Waals surface area contributed by atoms with Crippen molar-refractivity contribution in [2.24, 2.45) is 0 Å². The topological polar surface area (TPSA) is 70.5 Å². The third-order valence-corrected chi connectivity index (χ3v) is 2.85. The van der Waals surface area contributed by atoms with E-state index in [2.05, 4.69) is 34.2 Å². The Hall–Kier alpha value is -2.23. The van der Waals surface area contributed by atoms with Crippen LogP contribution in [-0.2, 0) is 0 Å². The summed E-state index contributed by atoms with van der Waals surface area (Å²) in [5.41, 5.74) is 10.8. The van der Waals surface area contributed by atoms with Gasteiger partial charge in [-0.05, 0) is 18.6 Å². The van der Waals surface area contributed by atoms with Gasteiger partial charge in [0.1, 0.15) is 0 Å². The molecule has 80 valence electrons. The van der Waals surface area contributed by atoms with Gasteiger partial charge < -0.3 is 10.7 Å². The molecule has 0 radical (unpaired) electrons. The number of nitrogens with two attached hydrogens (primary N) is 1. The summed E-state index contributed by atoms with van der Waals surface area (Å²) in [5, 5.41) is 8.08. The van der Waals surface area contributed by atoms with Crippen LogP contribution in [0.25, 0.3) is 22.2 Å². The first-order valence-corrected chi connectivity index (χ1v) is 5.13. The number of aryl methyl sites for hydroxylation is 1. The van der Waals surface area contributed by atoms with Crippen LogP contribution in [0.15, 0.2) is 30.6 Å². The van der Waals surface area contributed by atoms with Gasteiger partial charge in [-0.1, -0.05) is 12.1 Å². The lowest BCUT2D eigenvalue weighted by Crippen LogP contribution is -1.86. The van der Waals surface area contributed by atoms with E-state index in [0.717, 1.165) is 16.8 Å². The number of nitrogens with one attached hydrogen (secondary N) is 2. The van der Waals surface area contributed by atoms with Crippen LogP contribution < -0.4 is 5.73 Å². The first kappa shape index (κ1) is 9.03. The van der Waals surface area contributed by atoms with Gasteiger partial charge in [0, 0.05) is 22.7 Å². The molecular formula is C12H12N4. The summed E-state index contributed by atoms with van der Waals surface area (Å²) in [6, 6.07) is 6.18. The Bertz CT molecular complexity index is 648. The molecule has 3 rings (SSSR count). The number of nitrogen functional groups attached to an aromatic ring is 1. The molecule has 0 fully saturated rings. The summed E-state index contributed by atoms with van der Waals surface area (Å²) >= 11 is 0. The molecule has 2 aromatic heterocycles. The number of anilines is 1. The average molecular weight is 212 g/mol. The predicted octanol–water partition coefficient (Wildman–Crippen LogP) is 2.45. The Kier molecular flexibility index (Phi) is 1.77. The van der Waals surface area contributed by atoms with E-state index < -0.39 is 0 Å². The molecule has 0 atom stereocenters. The van der Waals surface area contributed by atoms with Crippen LogP contribution in [-0.4, -0.2) is 15.2 Å². The van der Waals surface area contributed by atoms with Gasteiger partial charge in [0.25, 0.3) is 0 Å². The fourth-order valence-corrected chi connectivity index (χ4v) is 2.08. The molecule has 0 aliphatic carbocycles. The summed E-state index contributed by atoms with van der Waals surface area (Å²) in [5.74, 6) is 0. The molecule has 0 unspecified atom stereocenters. The van der Waals surface area contributed by atoms with Crippen molar-refractivity contribution in [2.75, 3.05) is 5.73 Å². The fourth-order valence-electron chi connectivity index (χ4n) is 2.08. The van der Waals surface area contributed by atoms with E-state index in [0.29, 0.717) is 5.69 Å². The molecule has 4 nitrogen and oxygen atoms in total. The van der Waals surface area contributed by atoms with Crippen molar-refractivity contribution in [3.05, 3.63) is 36.2 Å². The zero-order valence-electron chi connectivity index (χ0n) is 8.91. The van der Waals surface area contributed by atoms with E-state index >= 15 is 0 Å². The van der Waals surface area contributed by atoms with Crippen molar-refractivity contribution in [1.82, 2.24) is 15.2 Å². The number of aromatic amines is 2. The molecule has 0 saturated heterocycles. The lowest BCUT2D eigenvalue weighted by Gasteiger charge is -2.00. The summed E-state index contributed by atoms with van der Waals surface area (Å²) in [7, 11) is 0. The quantitative estimate of drug-likeness (QED) is 0.579. The van der Waals surface area contributed by atoms with Gasteiger partial charge in [0.2, 0.25) is 0 Å². The molecule has 0 bridgehead atoms. The lowest BCUT2D eigenvalue weighted by molar-refractivity contribution is 1.10. The van der Waals surface area contributed by atoms with Gasteiger partial charge in [-0.15, -0.1) is 0 Å². The van der Waals surface area contributed by atoms with Gasteiger partial charge >= 0.3 is 0 Å². The van der Waals surface area contributed by atoms with Crippen molar-refractivity contribution in [2.45, 2.75) is 6.92 Å². The number of fused-ring (bicyclic) bond motifs is 1. The van der Waals surface area contributed by atoms with E-state index in [1.807, 2.05) is 12.3 Å². The smallest absolute Gasteiger partial charge is 0.0901 e. The SMILES string of the molecule is Cc1cccc2[nH]cc(-c3[nH]ncc3N)c12. The van der Waals surface area contributed by atoms with E-state index in [9.17, 15) is 0 Å². The fraction of sp³-hybridized carbons (Fsp3) is 0.0833. The minimum absolute atomic E-state index is 0.671. The lowest BCUT2D eigenvalue weighted by atomic mass is 10.1. The first-order valence-electron chi connectivity index (χ1n) is 5.13. The number of benzene rings is 1. The summed E-state index contributed by atoms with van der Waals surface area (Å²) in [4.78, 5) is 3.24. The molecular weight excluding hydrogens is 200 g/mol. The predicted molar refractivity (Wildman–Crippen MR) is 65.0 cm³/mol. The van der Waals surface area contributed by atoms with E-state index in [4.69, 9.17) is 5.73 Å². The van der Waals surface area contributed by atoms with Crippen LogP contribution >= 0.6 is 0 Å². The van der Waals surface area contributed by atoms with Gasteiger partial charge in [0.05, 0.1) is 17.6 Å². The Morgan fingerprint density at radius 2 is 2.19 bits per heavy atom. The third-order valence-electron chi connectivity index (χ3n) is 2.85. The molecule has 16 heavy (non-hydrogen) atoms. The number of hydrogen-bond acceptors (Lipinski definition) is 2. The van der Waals surface area contributed by atoms with Crippen molar-refractivity contribution in [3.63, 3.8) is 0 Å². The standard InChI is InChI=1S/C12H12N4/c1-7-3-2-4-10-11(7)8(5-14-10)12-9(13)6-15-16-12/h2-6,14H,13H2,1H3,(H,15,16). The highest BCUT2D eigenvalue weighted by molar-refractivity contribution is 5.99. The zero-order chi connectivity index (χ0) is 11.1. The first-order chi connectivity index (χ1) is 7.77. The second-order valence-electron chi connectivity index (χ2n) is 3.90. The van der Waals surface area contributed by atoms with E-state index in [1.165, 1.54) is 10.9 Å². The molecule has 3 aromatic rings. The van der Waals surface area contributed by atoms with Crippen LogP contribution in [0.3, 0.4) is 0 Å². The molecule has 0 aliphatic heterocycles. The highest BCUT2D eigenvalue weighted by Crippen LogP contribution is 2.32. The largest absolute Gasteiger partial charge is 0.396 e. The number of rotatable bonds is 1. The molecule has 4 heteroatoms. The maximum Gasteiger partial charge on any atom is 0.0901 e. The molecule has 0 aliphatic rings. The summed E-state index contributed by atoms with van der Waals surface area (Å²) < 4.78 is 0. The molecule has 1 aromatic carbocycles. The summed E-state index contributed by atoms with van der Waals surface area (Å²) in [6.45, 7) is 2.09. The number of nitrogens with zero attached hydrogens (tertiary/aromatic N) is 1. The van der Waals surface area contributed by atoms with Crippen LogP contribution in [0.4, 0.5) is 5.69 Å². The molecule has 4 N–H and O–H groups in total. The minimum Gasteiger partial charge on any atom is -0.396 e. The minimum atomic E-state index is 0.671. The Labute approximate surface area is 92.5 Å². The van der Waals surface area contributed by atoms with Crippen molar-refractivity contribution < 1.29 is 0 Å². The zero-order valence-corrected chi connectivity index (χ0v) is 8.91. The second kappa shape index (κ2) is 3.13. The number of hydrogen-bond donors (Lipinski definition) is 3. The second-order valence-corrected chi connectivity index (χ2v) is 3.90. The Morgan fingerprint density at radius 1 is 1.31 bits per heavy atom. The Balaban J connectivity index is 2.37. The average Bonchev–Trinajstić information content (AvgIpc) is 2.84.